The third-order valence-electron chi connectivity index (χ3n) is 3.02. The van der Waals surface area contributed by atoms with Crippen molar-refractivity contribution in [3.05, 3.63) is 29.6 Å². The maximum absolute atomic E-state index is 12.5. The number of alkyl halides is 3. The van der Waals surface area contributed by atoms with Gasteiger partial charge in [-0.05, 0) is 13.8 Å². The fourth-order valence-corrected chi connectivity index (χ4v) is 2.12. The van der Waals surface area contributed by atoms with E-state index in [2.05, 4.69) is 11.7 Å². The Labute approximate surface area is 116 Å². The van der Waals surface area contributed by atoms with E-state index in [9.17, 15) is 13.2 Å². The number of rotatable bonds is 7. The maximum atomic E-state index is 12.5. The van der Waals surface area contributed by atoms with Crippen molar-refractivity contribution in [2.45, 2.75) is 33.1 Å². The fraction of sp³-hybridized carbons (Fsp3) is 0.615. The Morgan fingerprint density at radius 2 is 2.05 bits per heavy atom. The van der Waals surface area contributed by atoms with Gasteiger partial charge in [0.2, 0.25) is 0 Å². The molecule has 0 saturated heterocycles. The monoisotopic (exact) mass is 291 g/mol. The molecule has 0 aliphatic rings. The first-order chi connectivity index (χ1) is 9.28. The first-order valence-corrected chi connectivity index (χ1v) is 6.32. The summed E-state index contributed by atoms with van der Waals surface area (Å²) >= 11 is 0. The lowest BCUT2D eigenvalue weighted by molar-refractivity contribution is -0.145. The smallest absolute Gasteiger partial charge is 0.394 e. The van der Waals surface area contributed by atoms with Crippen molar-refractivity contribution in [1.82, 2.24) is 14.7 Å². The van der Waals surface area contributed by atoms with Crippen molar-refractivity contribution < 1.29 is 18.3 Å². The van der Waals surface area contributed by atoms with Crippen molar-refractivity contribution in [3.8, 4) is 0 Å². The lowest BCUT2D eigenvalue weighted by Gasteiger charge is -2.22. The molecule has 20 heavy (non-hydrogen) atoms. The van der Waals surface area contributed by atoms with Crippen LogP contribution in [0, 0.1) is 13.8 Å². The molecule has 4 nitrogen and oxygen atoms in total. The van der Waals surface area contributed by atoms with E-state index in [0.717, 1.165) is 11.3 Å². The minimum absolute atomic E-state index is 0.0552. The molecule has 1 rings (SSSR count). The zero-order valence-corrected chi connectivity index (χ0v) is 11.7. The summed E-state index contributed by atoms with van der Waals surface area (Å²) in [6.45, 7) is 6.66. The minimum atomic E-state index is -4.24. The van der Waals surface area contributed by atoms with E-state index in [4.69, 9.17) is 5.11 Å². The molecule has 114 valence electrons. The quantitative estimate of drug-likeness (QED) is 0.782. The normalized spacial score (nSPS) is 12.2. The van der Waals surface area contributed by atoms with Crippen LogP contribution >= 0.6 is 0 Å². The van der Waals surface area contributed by atoms with Gasteiger partial charge in [0.05, 0.1) is 25.4 Å². The molecule has 1 heterocycles. The molecule has 0 bridgehead atoms. The molecular formula is C13H20F3N3O. The van der Waals surface area contributed by atoms with Gasteiger partial charge in [0.25, 0.3) is 0 Å². The van der Waals surface area contributed by atoms with E-state index >= 15 is 0 Å². The number of aliphatic hydroxyl groups excluding tert-OH is 1. The molecule has 1 aromatic heterocycles. The Bertz CT molecular complexity index is 454. The largest absolute Gasteiger partial charge is 0.401 e. The maximum Gasteiger partial charge on any atom is 0.401 e. The van der Waals surface area contributed by atoms with E-state index in [1.807, 2.05) is 0 Å². The van der Waals surface area contributed by atoms with Crippen molar-refractivity contribution in [2.24, 2.45) is 0 Å². The molecule has 1 aromatic rings. The van der Waals surface area contributed by atoms with Gasteiger partial charge in [-0.1, -0.05) is 6.08 Å². The Morgan fingerprint density at radius 3 is 2.55 bits per heavy atom. The van der Waals surface area contributed by atoms with Crippen molar-refractivity contribution in [3.63, 3.8) is 0 Å². The van der Waals surface area contributed by atoms with Gasteiger partial charge in [0.1, 0.15) is 0 Å². The van der Waals surface area contributed by atoms with Gasteiger partial charge in [-0.25, -0.2) is 0 Å². The summed E-state index contributed by atoms with van der Waals surface area (Å²) in [5.41, 5.74) is 2.24. The molecule has 0 aliphatic carbocycles. The van der Waals surface area contributed by atoms with Gasteiger partial charge >= 0.3 is 6.18 Å². The van der Waals surface area contributed by atoms with Crippen LogP contribution < -0.4 is 0 Å². The topological polar surface area (TPSA) is 41.3 Å². The highest BCUT2D eigenvalue weighted by Gasteiger charge is 2.30. The zero-order valence-electron chi connectivity index (χ0n) is 11.7. The lowest BCUT2D eigenvalue weighted by atomic mass is 10.2. The van der Waals surface area contributed by atoms with E-state index in [0.29, 0.717) is 12.2 Å². The molecule has 0 aliphatic heterocycles. The van der Waals surface area contributed by atoms with Gasteiger partial charge in [-0.2, -0.15) is 18.3 Å². The van der Waals surface area contributed by atoms with Gasteiger partial charge in [-0.15, -0.1) is 6.58 Å². The first-order valence-electron chi connectivity index (χ1n) is 6.32. The molecule has 0 amide bonds. The van der Waals surface area contributed by atoms with Gasteiger partial charge in [-0.3, -0.25) is 9.58 Å². The molecule has 0 aromatic carbocycles. The molecule has 0 fully saturated rings. The van der Waals surface area contributed by atoms with Crippen LogP contribution in [0.15, 0.2) is 12.7 Å². The molecule has 0 unspecified atom stereocenters. The van der Waals surface area contributed by atoms with E-state index < -0.39 is 12.7 Å². The van der Waals surface area contributed by atoms with Gasteiger partial charge < -0.3 is 5.11 Å². The molecular weight excluding hydrogens is 271 g/mol. The highest BCUT2D eigenvalue weighted by atomic mass is 19.4. The van der Waals surface area contributed by atoms with Gasteiger partial charge in [0, 0.05) is 24.3 Å². The van der Waals surface area contributed by atoms with Crippen LogP contribution in [0.5, 0.6) is 0 Å². The Hall–Kier alpha value is -1.34. The Balaban J connectivity index is 2.90. The van der Waals surface area contributed by atoms with Crippen LogP contribution in [0.4, 0.5) is 13.2 Å². The zero-order chi connectivity index (χ0) is 15.3. The third kappa shape index (κ3) is 4.64. The average Bonchev–Trinajstić information content (AvgIpc) is 2.56. The van der Waals surface area contributed by atoms with E-state index in [1.54, 1.807) is 18.5 Å². The minimum Gasteiger partial charge on any atom is -0.394 e. The summed E-state index contributed by atoms with van der Waals surface area (Å²) in [6, 6.07) is 0. The molecule has 0 saturated carbocycles. The molecule has 7 heteroatoms. The summed E-state index contributed by atoms with van der Waals surface area (Å²) in [4.78, 5) is 1.27. The van der Waals surface area contributed by atoms with Crippen LogP contribution in [0.1, 0.15) is 17.0 Å². The summed E-state index contributed by atoms with van der Waals surface area (Å²) in [6.07, 6.45) is -2.79. The highest BCUT2D eigenvalue weighted by molar-refractivity contribution is 5.24. The first kappa shape index (κ1) is 16.7. The average molecular weight is 291 g/mol. The number of halogens is 3. The van der Waals surface area contributed by atoms with Crippen molar-refractivity contribution >= 4 is 0 Å². The second-order valence-electron chi connectivity index (χ2n) is 4.67. The molecule has 0 atom stereocenters. The summed E-state index contributed by atoms with van der Waals surface area (Å²) in [5.74, 6) is 0. The Kier molecular flexibility index (Phi) is 5.76. The summed E-state index contributed by atoms with van der Waals surface area (Å²) < 4.78 is 39.2. The molecule has 0 spiro atoms. The number of hydrogen-bond donors (Lipinski definition) is 1. The number of nitrogens with zero attached hydrogens (tertiary/aromatic N) is 3. The van der Waals surface area contributed by atoms with Crippen LogP contribution in [0.2, 0.25) is 0 Å². The fourth-order valence-electron chi connectivity index (χ4n) is 2.12. The standard InChI is InChI=1S/C13H20F3N3O/c1-4-5-18(9-13(14,15)16)8-12-10(2)17-19(6-7-20)11(12)3/h4,20H,1,5-9H2,2-3H3. The summed E-state index contributed by atoms with van der Waals surface area (Å²) in [7, 11) is 0. The van der Waals surface area contributed by atoms with Crippen LogP contribution in [0.3, 0.4) is 0 Å². The molecule has 0 radical (unpaired) electrons. The van der Waals surface area contributed by atoms with Crippen molar-refractivity contribution in [1.29, 1.82) is 0 Å². The second kappa shape index (κ2) is 6.90. The van der Waals surface area contributed by atoms with E-state index in [-0.39, 0.29) is 19.7 Å². The second-order valence-corrected chi connectivity index (χ2v) is 4.67. The Morgan fingerprint density at radius 1 is 1.40 bits per heavy atom. The van der Waals surface area contributed by atoms with Crippen molar-refractivity contribution in [2.75, 3.05) is 19.7 Å². The van der Waals surface area contributed by atoms with Crippen LogP contribution in [-0.2, 0) is 13.1 Å². The number of aliphatic hydroxyl groups is 1. The predicted octanol–water partition coefficient (Wildman–Crippen LogP) is 2.04. The van der Waals surface area contributed by atoms with Crippen LogP contribution in [-0.4, -0.2) is 45.7 Å². The van der Waals surface area contributed by atoms with E-state index in [1.165, 1.54) is 11.0 Å². The predicted molar refractivity (Wildman–Crippen MR) is 70.3 cm³/mol. The number of aryl methyl sites for hydroxylation is 1. The molecule has 1 N–H and O–H groups in total. The highest BCUT2D eigenvalue weighted by Crippen LogP contribution is 2.20. The van der Waals surface area contributed by atoms with Crippen LogP contribution in [0.25, 0.3) is 0 Å². The number of aromatic nitrogens is 2. The van der Waals surface area contributed by atoms with Gasteiger partial charge in [0.15, 0.2) is 0 Å². The number of hydrogen-bond acceptors (Lipinski definition) is 3. The SMILES string of the molecule is C=CCN(Cc1c(C)nn(CCO)c1C)CC(F)(F)F. The lowest BCUT2D eigenvalue weighted by Crippen LogP contribution is -2.34. The third-order valence-corrected chi connectivity index (χ3v) is 3.02. The summed E-state index contributed by atoms with van der Waals surface area (Å²) in [5, 5.41) is 13.2.